The van der Waals surface area contributed by atoms with Gasteiger partial charge < -0.3 is 16.2 Å². The van der Waals surface area contributed by atoms with Crippen LogP contribution in [0.4, 0.5) is 11.4 Å². The lowest BCUT2D eigenvalue weighted by atomic mass is 10.3. The van der Waals surface area contributed by atoms with E-state index in [1.54, 1.807) is 0 Å². The highest BCUT2D eigenvalue weighted by molar-refractivity contribution is 9.11. The first kappa shape index (κ1) is 9.34. The fourth-order valence-electron chi connectivity index (χ4n) is 0.672. The van der Waals surface area contributed by atoms with E-state index >= 15 is 0 Å². The van der Waals surface area contributed by atoms with Crippen LogP contribution in [0.5, 0.6) is 0 Å². The smallest absolute Gasteiger partial charge is 0.350 e. The van der Waals surface area contributed by atoms with Crippen LogP contribution >= 0.6 is 27.3 Å². The maximum atomic E-state index is 11.0. The minimum absolute atomic E-state index is 0.277. The standard InChI is InChI=1S/C6H7BrN2O2S/c1-11-6(10)4-2(8)3(9)5(7)12-4/h8-9H2,1H3. The number of ether oxygens (including phenoxy) is 1. The van der Waals surface area contributed by atoms with E-state index < -0.39 is 5.97 Å². The van der Waals surface area contributed by atoms with Crippen LogP contribution in [-0.4, -0.2) is 13.1 Å². The molecule has 0 aromatic carbocycles. The molecule has 0 amide bonds. The van der Waals surface area contributed by atoms with Crippen LogP contribution in [0.2, 0.25) is 0 Å². The molecule has 1 aromatic rings. The zero-order valence-corrected chi connectivity index (χ0v) is 8.66. The fraction of sp³-hybridized carbons (Fsp3) is 0.167. The van der Waals surface area contributed by atoms with Crippen molar-refractivity contribution in [2.45, 2.75) is 0 Å². The van der Waals surface area contributed by atoms with Crippen molar-refractivity contribution in [3.8, 4) is 0 Å². The molecule has 4 nitrogen and oxygen atoms in total. The average Bonchev–Trinajstić information content (AvgIpc) is 2.32. The van der Waals surface area contributed by atoms with E-state index in [0.717, 1.165) is 0 Å². The van der Waals surface area contributed by atoms with E-state index in [4.69, 9.17) is 11.5 Å². The number of methoxy groups -OCH3 is 1. The summed E-state index contributed by atoms with van der Waals surface area (Å²) in [7, 11) is 1.30. The number of esters is 1. The van der Waals surface area contributed by atoms with Gasteiger partial charge in [-0.3, -0.25) is 0 Å². The molecule has 0 unspecified atom stereocenters. The van der Waals surface area contributed by atoms with Crippen molar-refractivity contribution < 1.29 is 9.53 Å². The number of carbonyl (C=O) groups excluding carboxylic acids is 1. The van der Waals surface area contributed by atoms with Crippen LogP contribution in [0.15, 0.2) is 3.79 Å². The second-order valence-corrected chi connectivity index (χ2v) is 4.36. The molecule has 66 valence electrons. The minimum atomic E-state index is -0.463. The molecule has 0 saturated heterocycles. The summed E-state index contributed by atoms with van der Waals surface area (Å²) in [5.41, 5.74) is 11.7. The molecule has 12 heavy (non-hydrogen) atoms. The summed E-state index contributed by atoms with van der Waals surface area (Å²) in [6, 6.07) is 0. The summed E-state index contributed by atoms with van der Waals surface area (Å²) in [5.74, 6) is -0.463. The zero-order chi connectivity index (χ0) is 9.30. The molecule has 0 saturated carbocycles. The number of rotatable bonds is 1. The SMILES string of the molecule is COC(=O)c1sc(Br)c(N)c1N. The van der Waals surface area contributed by atoms with Gasteiger partial charge in [0.1, 0.15) is 4.88 Å². The molecular formula is C6H7BrN2O2S. The molecule has 1 rings (SSSR count). The lowest BCUT2D eigenvalue weighted by Crippen LogP contribution is -2.02. The molecule has 0 aliphatic carbocycles. The molecule has 0 radical (unpaired) electrons. The fourth-order valence-corrected chi connectivity index (χ4v) is 2.16. The second-order valence-electron chi connectivity index (χ2n) is 2.02. The molecule has 4 N–H and O–H groups in total. The quantitative estimate of drug-likeness (QED) is 0.740. The molecule has 0 aliphatic heterocycles. The number of nitrogens with two attached hydrogens (primary N) is 2. The Morgan fingerprint density at radius 3 is 2.42 bits per heavy atom. The van der Waals surface area contributed by atoms with Crippen molar-refractivity contribution in [2.24, 2.45) is 0 Å². The monoisotopic (exact) mass is 250 g/mol. The summed E-state index contributed by atoms with van der Waals surface area (Å²) in [4.78, 5) is 11.4. The molecule has 0 fully saturated rings. The minimum Gasteiger partial charge on any atom is -0.465 e. The Bertz CT molecular complexity index is 324. The number of anilines is 2. The Hall–Kier alpha value is -0.750. The van der Waals surface area contributed by atoms with Crippen molar-refractivity contribution in [2.75, 3.05) is 18.6 Å². The Morgan fingerprint density at radius 1 is 1.50 bits per heavy atom. The van der Waals surface area contributed by atoms with E-state index in [1.165, 1.54) is 18.4 Å². The second kappa shape index (κ2) is 3.32. The van der Waals surface area contributed by atoms with Gasteiger partial charge >= 0.3 is 5.97 Å². The van der Waals surface area contributed by atoms with Crippen LogP contribution < -0.4 is 11.5 Å². The number of halogens is 1. The van der Waals surface area contributed by atoms with Gasteiger partial charge in [0.25, 0.3) is 0 Å². The van der Waals surface area contributed by atoms with E-state index in [-0.39, 0.29) is 5.69 Å². The lowest BCUT2D eigenvalue weighted by molar-refractivity contribution is 0.0607. The highest BCUT2D eigenvalue weighted by Crippen LogP contribution is 2.37. The van der Waals surface area contributed by atoms with Gasteiger partial charge in [-0.2, -0.15) is 0 Å². The predicted molar refractivity (Wildman–Crippen MR) is 52.2 cm³/mol. The van der Waals surface area contributed by atoms with Crippen LogP contribution in [0.25, 0.3) is 0 Å². The van der Waals surface area contributed by atoms with Crippen molar-refractivity contribution in [1.82, 2.24) is 0 Å². The topological polar surface area (TPSA) is 78.3 Å². The summed E-state index contributed by atoms with van der Waals surface area (Å²) in [6.45, 7) is 0. The molecule has 6 heteroatoms. The van der Waals surface area contributed by atoms with Gasteiger partial charge in [-0.15, -0.1) is 11.3 Å². The van der Waals surface area contributed by atoms with Gasteiger partial charge in [-0.25, -0.2) is 4.79 Å². The van der Waals surface area contributed by atoms with Crippen LogP contribution in [-0.2, 0) is 4.74 Å². The van der Waals surface area contributed by atoms with Crippen LogP contribution in [0.3, 0.4) is 0 Å². The van der Waals surface area contributed by atoms with Crippen molar-refractivity contribution in [3.05, 3.63) is 8.66 Å². The maximum Gasteiger partial charge on any atom is 0.350 e. The number of carbonyl (C=O) groups is 1. The van der Waals surface area contributed by atoms with Gasteiger partial charge in [-0.1, -0.05) is 0 Å². The first-order valence-electron chi connectivity index (χ1n) is 2.99. The Balaban J connectivity index is 3.17. The first-order valence-corrected chi connectivity index (χ1v) is 4.60. The molecule has 0 spiro atoms. The number of hydrogen-bond donors (Lipinski definition) is 2. The summed E-state index contributed by atoms with van der Waals surface area (Å²) < 4.78 is 5.15. The van der Waals surface area contributed by atoms with Crippen LogP contribution in [0.1, 0.15) is 9.67 Å². The summed E-state index contributed by atoms with van der Waals surface area (Å²) in [6.07, 6.45) is 0. The third-order valence-corrected chi connectivity index (χ3v) is 3.21. The van der Waals surface area contributed by atoms with E-state index in [9.17, 15) is 4.79 Å². The van der Waals surface area contributed by atoms with Gasteiger partial charge in [0.05, 0.1) is 22.3 Å². The van der Waals surface area contributed by atoms with Gasteiger partial charge in [0, 0.05) is 0 Å². The summed E-state index contributed by atoms with van der Waals surface area (Å²) >= 11 is 4.34. The third-order valence-electron chi connectivity index (χ3n) is 1.31. The number of nitrogen functional groups attached to an aromatic ring is 2. The van der Waals surface area contributed by atoms with Crippen molar-refractivity contribution in [3.63, 3.8) is 0 Å². The molecule has 0 atom stereocenters. The third kappa shape index (κ3) is 1.39. The van der Waals surface area contributed by atoms with E-state index in [1.807, 2.05) is 0 Å². The number of hydrogen-bond acceptors (Lipinski definition) is 5. The highest BCUT2D eigenvalue weighted by Gasteiger charge is 2.17. The van der Waals surface area contributed by atoms with Gasteiger partial charge in [0.2, 0.25) is 0 Å². The van der Waals surface area contributed by atoms with E-state index in [0.29, 0.717) is 14.4 Å². The van der Waals surface area contributed by atoms with Crippen molar-refractivity contribution in [1.29, 1.82) is 0 Å². The molecular weight excluding hydrogens is 244 g/mol. The zero-order valence-electron chi connectivity index (χ0n) is 6.26. The van der Waals surface area contributed by atoms with Gasteiger partial charge in [-0.05, 0) is 15.9 Å². The number of thiophene rings is 1. The van der Waals surface area contributed by atoms with Crippen molar-refractivity contribution >= 4 is 44.6 Å². The molecule has 1 heterocycles. The molecule has 1 aromatic heterocycles. The summed E-state index contributed by atoms with van der Waals surface area (Å²) in [5, 5.41) is 0. The molecule has 0 bridgehead atoms. The Kier molecular flexibility index (Phi) is 2.58. The highest BCUT2D eigenvalue weighted by atomic mass is 79.9. The van der Waals surface area contributed by atoms with Gasteiger partial charge in [0.15, 0.2) is 0 Å². The Morgan fingerprint density at radius 2 is 2.08 bits per heavy atom. The largest absolute Gasteiger partial charge is 0.465 e. The first-order chi connectivity index (χ1) is 5.57. The van der Waals surface area contributed by atoms with Crippen LogP contribution in [0, 0.1) is 0 Å². The maximum absolute atomic E-state index is 11.0. The van der Waals surface area contributed by atoms with E-state index in [2.05, 4.69) is 20.7 Å². The lowest BCUT2D eigenvalue weighted by Gasteiger charge is -1.95. The molecule has 0 aliphatic rings. The Labute approximate surface area is 81.6 Å². The average molecular weight is 251 g/mol. The predicted octanol–water partition coefficient (Wildman–Crippen LogP) is 1.46. The normalized spacial score (nSPS) is 9.83.